The summed E-state index contributed by atoms with van der Waals surface area (Å²) in [5.41, 5.74) is 0.750. The summed E-state index contributed by atoms with van der Waals surface area (Å²) in [6, 6.07) is 3.51. The number of methoxy groups -OCH3 is 1. The van der Waals surface area contributed by atoms with Gasteiger partial charge in [-0.05, 0) is 13.0 Å². The zero-order valence-electron chi connectivity index (χ0n) is 10.0. The minimum absolute atomic E-state index is 0.0303. The van der Waals surface area contributed by atoms with E-state index < -0.39 is 16.9 Å². The zero-order valence-corrected chi connectivity index (χ0v) is 10.0. The van der Waals surface area contributed by atoms with Crippen LogP contribution in [0.15, 0.2) is 18.2 Å². The quantitative estimate of drug-likeness (QED) is 0.588. The molecule has 2 N–H and O–H groups in total. The Morgan fingerprint density at radius 1 is 1.61 bits per heavy atom. The SMILES string of the molecule is COCC(Nc1cccc([N+](=O)[O-])c1C)C(=O)O. The molecular weight excluding hydrogens is 240 g/mol. The fraction of sp³-hybridized carbons (Fsp3) is 0.364. The van der Waals surface area contributed by atoms with Crippen LogP contribution < -0.4 is 5.32 Å². The highest BCUT2D eigenvalue weighted by molar-refractivity contribution is 5.78. The molecule has 0 aromatic heterocycles. The van der Waals surface area contributed by atoms with E-state index in [0.717, 1.165) is 0 Å². The highest BCUT2D eigenvalue weighted by atomic mass is 16.6. The van der Waals surface area contributed by atoms with Gasteiger partial charge in [0.2, 0.25) is 0 Å². The van der Waals surface area contributed by atoms with Crippen LogP contribution in [-0.2, 0) is 9.53 Å². The smallest absolute Gasteiger partial charge is 0.328 e. The Morgan fingerprint density at radius 2 is 2.28 bits per heavy atom. The molecular formula is C11H14N2O5. The predicted octanol–water partition coefficient (Wildman–Crippen LogP) is 1.41. The highest BCUT2D eigenvalue weighted by Crippen LogP contribution is 2.25. The molecule has 7 nitrogen and oxygen atoms in total. The Bertz CT molecular complexity index is 461. The molecule has 0 aliphatic heterocycles. The van der Waals surface area contributed by atoms with Gasteiger partial charge in [-0.15, -0.1) is 0 Å². The third kappa shape index (κ3) is 3.17. The van der Waals surface area contributed by atoms with Gasteiger partial charge < -0.3 is 15.2 Å². The van der Waals surface area contributed by atoms with Crippen LogP contribution in [0.1, 0.15) is 5.56 Å². The lowest BCUT2D eigenvalue weighted by Crippen LogP contribution is -2.33. The number of nitro groups is 1. The van der Waals surface area contributed by atoms with Gasteiger partial charge in [0.25, 0.3) is 5.69 Å². The fourth-order valence-electron chi connectivity index (χ4n) is 1.51. The van der Waals surface area contributed by atoms with E-state index in [9.17, 15) is 14.9 Å². The second kappa shape index (κ2) is 5.97. The van der Waals surface area contributed by atoms with Crippen LogP contribution in [0.3, 0.4) is 0 Å². The second-order valence-corrected chi connectivity index (χ2v) is 3.70. The van der Waals surface area contributed by atoms with E-state index in [1.165, 1.54) is 19.2 Å². The van der Waals surface area contributed by atoms with Gasteiger partial charge >= 0.3 is 5.97 Å². The summed E-state index contributed by atoms with van der Waals surface area (Å²) in [6.07, 6.45) is 0. The Labute approximate surface area is 104 Å². The molecule has 1 aromatic carbocycles. The normalized spacial score (nSPS) is 11.9. The average molecular weight is 254 g/mol. The topological polar surface area (TPSA) is 102 Å². The molecule has 0 spiro atoms. The fourth-order valence-corrected chi connectivity index (χ4v) is 1.51. The highest BCUT2D eigenvalue weighted by Gasteiger charge is 2.20. The van der Waals surface area contributed by atoms with Crippen LogP contribution in [0.5, 0.6) is 0 Å². The molecule has 1 atom stereocenters. The summed E-state index contributed by atoms with van der Waals surface area (Å²) < 4.78 is 4.78. The molecule has 0 saturated carbocycles. The number of hydrogen-bond donors (Lipinski definition) is 2. The van der Waals surface area contributed by atoms with Gasteiger partial charge in [0, 0.05) is 24.4 Å². The summed E-state index contributed by atoms with van der Waals surface area (Å²) in [5, 5.41) is 22.4. The molecule has 7 heteroatoms. The van der Waals surface area contributed by atoms with Gasteiger partial charge in [-0.2, -0.15) is 0 Å². The Balaban J connectivity index is 2.99. The van der Waals surface area contributed by atoms with Crippen molar-refractivity contribution < 1.29 is 19.6 Å². The van der Waals surface area contributed by atoms with E-state index in [1.807, 2.05) is 0 Å². The molecule has 1 unspecified atom stereocenters. The van der Waals surface area contributed by atoms with Crippen LogP contribution in [0.4, 0.5) is 11.4 Å². The van der Waals surface area contributed by atoms with Crippen molar-refractivity contribution in [1.29, 1.82) is 0 Å². The van der Waals surface area contributed by atoms with Gasteiger partial charge in [-0.25, -0.2) is 4.79 Å². The number of nitrogens with zero attached hydrogens (tertiary/aromatic N) is 1. The number of nitro benzene ring substituents is 1. The number of hydrogen-bond acceptors (Lipinski definition) is 5. The van der Waals surface area contributed by atoms with Gasteiger partial charge in [-0.1, -0.05) is 6.07 Å². The predicted molar refractivity (Wildman–Crippen MR) is 64.8 cm³/mol. The summed E-state index contributed by atoms with van der Waals surface area (Å²) in [4.78, 5) is 21.2. The minimum Gasteiger partial charge on any atom is -0.480 e. The van der Waals surface area contributed by atoms with E-state index in [4.69, 9.17) is 9.84 Å². The van der Waals surface area contributed by atoms with Crippen molar-refractivity contribution in [2.75, 3.05) is 19.0 Å². The summed E-state index contributed by atoms with van der Waals surface area (Å²) in [5.74, 6) is -1.08. The first-order chi connectivity index (χ1) is 8.47. The molecule has 98 valence electrons. The molecule has 0 saturated heterocycles. The summed E-state index contributed by atoms with van der Waals surface area (Å²) in [6.45, 7) is 1.53. The maximum Gasteiger partial charge on any atom is 0.328 e. The molecule has 0 fully saturated rings. The van der Waals surface area contributed by atoms with Crippen molar-refractivity contribution in [3.05, 3.63) is 33.9 Å². The average Bonchev–Trinajstić information content (AvgIpc) is 2.30. The molecule has 0 amide bonds. The van der Waals surface area contributed by atoms with Gasteiger partial charge in [0.15, 0.2) is 0 Å². The van der Waals surface area contributed by atoms with Crippen molar-refractivity contribution in [2.24, 2.45) is 0 Å². The summed E-state index contributed by atoms with van der Waals surface area (Å²) in [7, 11) is 1.39. The van der Waals surface area contributed by atoms with Crippen LogP contribution in [0, 0.1) is 17.0 Å². The van der Waals surface area contributed by atoms with Crippen molar-refractivity contribution in [2.45, 2.75) is 13.0 Å². The molecule has 1 aromatic rings. The molecule has 0 heterocycles. The first kappa shape index (κ1) is 13.9. The molecule has 0 bridgehead atoms. The largest absolute Gasteiger partial charge is 0.480 e. The van der Waals surface area contributed by atoms with E-state index in [1.54, 1.807) is 13.0 Å². The lowest BCUT2D eigenvalue weighted by molar-refractivity contribution is -0.385. The maximum absolute atomic E-state index is 10.9. The van der Waals surface area contributed by atoms with Crippen molar-refractivity contribution in [1.82, 2.24) is 0 Å². The number of anilines is 1. The number of carboxylic acid groups (broad SMARTS) is 1. The first-order valence-electron chi connectivity index (χ1n) is 5.19. The number of benzene rings is 1. The van der Waals surface area contributed by atoms with Gasteiger partial charge in [0.1, 0.15) is 6.04 Å². The standard InChI is InChI=1S/C11H14N2O5/c1-7-8(4-3-5-10(7)13(16)17)12-9(6-18-2)11(14)15/h3-5,9,12H,6H2,1-2H3,(H,14,15). The van der Waals surface area contributed by atoms with Crippen LogP contribution >= 0.6 is 0 Å². The van der Waals surface area contributed by atoms with E-state index >= 15 is 0 Å². The minimum atomic E-state index is -1.08. The lowest BCUT2D eigenvalue weighted by Gasteiger charge is -2.16. The van der Waals surface area contributed by atoms with Gasteiger partial charge in [0.05, 0.1) is 11.5 Å². The van der Waals surface area contributed by atoms with Crippen LogP contribution in [0.2, 0.25) is 0 Å². The first-order valence-corrected chi connectivity index (χ1v) is 5.19. The second-order valence-electron chi connectivity index (χ2n) is 3.70. The third-order valence-electron chi connectivity index (χ3n) is 2.46. The summed E-state index contributed by atoms with van der Waals surface area (Å²) >= 11 is 0. The molecule has 18 heavy (non-hydrogen) atoms. The Morgan fingerprint density at radius 3 is 2.78 bits per heavy atom. The Hall–Kier alpha value is -2.15. The van der Waals surface area contributed by atoms with E-state index in [2.05, 4.69) is 5.32 Å². The maximum atomic E-state index is 10.9. The van der Waals surface area contributed by atoms with E-state index in [0.29, 0.717) is 11.3 Å². The monoisotopic (exact) mass is 254 g/mol. The van der Waals surface area contributed by atoms with Crippen molar-refractivity contribution >= 4 is 17.3 Å². The molecule has 1 rings (SSSR count). The number of carboxylic acids is 1. The lowest BCUT2D eigenvalue weighted by atomic mass is 10.1. The zero-order chi connectivity index (χ0) is 13.7. The number of ether oxygens (including phenoxy) is 1. The third-order valence-corrected chi connectivity index (χ3v) is 2.46. The number of rotatable bonds is 6. The Kier molecular flexibility index (Phi) is 4.61. The van der Waals surface area contributed by atoms with Crippen molar-refractivity contribution in [3.8, 4) is 0 Å². The van der Waals surface area contributed by atoms with Crippen LogP contribution in [0.25, 0.3) is 0 Å². The van der Waals surface area contributed by atoms with E-state index in [-0.39, 0.29) is 12.3 Å². The number of nitrogens with one attached hydrogen (secondary N) is 1. The molecule has 0 radical (unpaired) electrons. The molecule has 0 aliphatic rings. The number of carbonyl (C=O) groups is 1. The number of aliphatic carboxylic acids is 1. The van der Waals surface area contributed by atoms with Crippen LogP contribution in [-0.4, -0.2) is 35.8 Å². The molecule has 0 aliphatic carbocycles. The van der Waals surface area contributed by atoms with Gasteiger partial charge in [-0.3, -0.25) is 10.1 Å². The van der Waals surface area contributed by atoms with Crippen molar-refractivity contribution in [3.63, 3.8) is 0 Å².